The van der Waals surface area contributed by atoms with Gasteiger partial charge in [0.2, 0.25) is 0 Å². The average molecular weight is 276 g/mol. The molecule has 0 spiro atoms. The molecule has 0 radical (unpaired) electrons. The van der Waals surface area contributed by atoms with E-state index in [1.54, 1.807) is 0 Å². The second-order valence-corrected chi connectivity index (χ2v) is 6.91. The number of aryl methyl sites for hydroxylation is 2. The van der Waals surface area contributed by atoms with Crippen molar-refractivity contribution in [3.05, 3.63) is 29.3 Å². The van der Waals surface area contributed by atoms with Crippen LogP contribution in [0.2, 0.25) is 0 Å². The second-order valence-electron chi connectivity index (χ2n) is 6.50. The van der Waals surface area contributed by atoms with Crippen LogP contribution in [-0.2, 0) is 0 Å². The lowest BCUT2D eigenvalue weighted by molar-refractivity contribution is 0.372. The van der Waals surface area contributed by atoms with Gasteiger partial charge in [0.25, 0.3) is 0 Å². The van der Waals surface area contributed by atoms with E-state index >= 15 is 0 Å². The van der Waals surface area contributed by atoms with Crippen molar-refractivity contribution >= 4 is 23.0 Å². The lowest BCUT2D eigenvalue weighted by Gasteiger charge is -2.19. The van der Waals surface area contributed by atoms with Crippen molar-refractivity contribution < 1.29 is 0 Å². The molecule has 0 aromatic heterocycles. The van der Waals surface area contributed by atoms with E-state index in [4.69, 9.17) is 12.2 Å². The highest BCUT2D eigenvalue weighted by Gasteiger charge is 2.31. The summed E-state index contributed by atoms with van der Waals surface area (Å²) in [4.78, 5) is 0. The largest absolute Gasteiger partial charge is 0.360 e. The number of benzene rings is 1. The second kappa shape index (κ2) is 5.49. The van der Waals surface area contributed by atoms with Gasteiger partial charge in [-0.15, -0.1) is 0 Å². The van der Waals surface area contributed by atoms with E-state index in [9.17, 15) is 0 Å². The number of thiocarbonyl (C=S) groups is 1. The molecule has 1 unspecified atom stereocenters. The Labute approximate surface area is 122 Å². The van der Waals surface area contributed by atoms with Crippen LogP contribution >= 0.6 is 12.2 Å². The predicted octanol–water partition coefficient (Wildman–Crippen LogP) is 4.17. The molecule has 1 aliphatic carbocycles. The molecule has 1 aromatic rings. The summed E-state index contributed by atoms with van der Waals surface area (Å²) < 4.78 is 0. The van der Waals surface area contributed by atoms with Crippen LogP contribution in [-0.4, -0.2) is 11.2 Å². The van der Waals surface area contributed by atoms with Gasteiger partial charge in [-0.3, -0.25) is 0 Å². The molecule has 1 aromatic carbocycles. The third-order valence-corrected chi connectivity index (χ3v) is 4.29. The summed E-state index contributed by atoms with van der Waals surface area (Å²) in [6, 6.07) is 6.86. The predicted molar refractivity (Wildman–Crippen MR) is 86.7 cm³/mol. The number of anilines is 1. The Bertz CT molecular complexity index is 480. The van der Waals surface area contributed by atoms with Gasteiger partial charge in [0.1, 0.15) is 0 Å². The number of nitrogens with one attached hydrogen (secondary N) is 2. The highest BCUT2D eigenvalue weighted by molar-refractivity contribution is 7.80. The highest BCUT2D eigenvalue weighted by atomic mass is 32.1. The summed E-state index contributed by atoms with van der Waals surface area (Å²) in [5.74, 6) is 0. The first-order chi connectivity index (χ1) is 8.85. The van der Waals surface area contributed by atoms with Gasteiger partial charge in [-0.1, -0.05) is 19.9 Å². The van der Waals surface area contributed by atoms with E-state index in [1.165, 1.54) is 30.4 Å². The fourth-order valence-corrected chi connectivity index (χ4v) is 3.02. The Balaban J connectivity index is 1.89. The minimum atomic E-state index is 0.452. The van der Waals surface area contributed by atoms with Crippen LogP contribution in [0.3, 0.4) is 0 Å². The van der Waals surface area contributed by atoms with Crippen LogP contribution < -0.4 is 10.6 Å². The molecule has 2 nitrogen and oxygen atoms in total. The first-order valence-electron chi connectivity index (χ1n) is 7.00. The van der Waals surface area contributed by atoms with Crippen LogP contribution in [0.5, 0.6) is 0 Å². The van der Waals surface area contributed by atoms with Gasteiger partial charge in [-0.05, 0) is 74.0 Å². The lowest BCUT2D eigenvalue weighted by atomic mass is 9.92. The SMILES string of the molecule is Cc1ccc(NC(=S)NC2CCC(C)(C)C2)cc1C. The summed E-state index contributed by atoms with van der Waals surface area (Å²) in [7, 11) is 0. The van der Waals surface area contributed by atoms with Gasteiger partial charge in [0.05, 0.1) is 0 Å². The zero-order valence-electron chi connectivity index (χ0n) is 12.3. The minimum absolute atomic E-state index is 0.452. The van der Waals surface area contributed by atoms with E-state index in [0.717, 1.165) is 10.8 Å². The smallest absolute Gasteiger partial charge is 0.170 e. The molecule has 1 fully saturated rings. The Hall–Kier alpha value is -1.09. The van der Waals surface area contributed by atoms with Crippen LogP contribution in [0.25, 0.3) is 0 Å². The summed E-state index contributed by atoms with van der Waals surface area (Å²) >= 11 is 5.40. The molecule has 0 amide bonds. The maximum Gasteiger partial charge on any atom is 0.170 e. The van der Waals surface area contributed by atoms with Crippen molar-refractivity contribution in [1.82, 2.24) is 5.32 Å². The Morgan fingerprint density at radius 2 is 2.00 bits per heavy atom. The molecule has 1 saturated carbocycles. The number of hydrogen-bond acceptors (Lipinski definition) is 1. The molecule has 3 heteroatoms. The fourth-order valence-electron chi connectivity index (χ4n) is 2.73. The van der Waals surface area contributed by atoms with Crippen molar-refractivity contribution in [3.63, 3.8) is 0 Å². The first kappa shape index (κ1) is 14.3. The quantitative estimate of drug-likeness (QED) is 0.793. The molecule has 19 heavy (non-hydrogen) atoms. The van der Waals surface area contributed by atoms with Gasteiger partial charge >= 0.3 is 0 Å². The highest BCUT2D eigenvalue weighted by Crippen LogP contribution is 2.36. The molecule has 2 rings (SSSR count). The third-order valence-electron chi connectivity index (χ3n) is 4.07. The molecule has 0 heterocycles. The van der Waals surface area contributed by atoms with E-state index in [2.05, 4.69) is 56.5 Å². The Morgan fingerprint density at radius 1 is 1.26 bits per heavy atom. The zero-order chi connectivity index (χ0) is 14.0. The zero-order valence-corrected chi connectivity index (χ0v) is 13.2. The fraction of sp³-hybridized carbons (Fsp3) is 0.562. The maximum absolute atomic E-state index is 5.40. The van der Waals surface area contributed by atoms with Crippen molar-refractivity contribution in [2.75, 3.05) is 5.32 Å². The molecular formula is C16H24N2S. The summed E-state index contributed by atoms with van der Waals surface area (Å²) in [5.41, 5.74) is 4.11. The molecule has 0 saturated heterocycles. The summed E-state index contributed by atoms with van der Waals surface area (Å²) in [6.45, 7) is 8.90. The lowest BCUT2D eigenvalue weighted by Crippen LogP contribution is -2.36. The van der Waals surface area contributed by atoms with E-state index in [1.807, 2.05) is 0 Å². The van der Waals surface area contributed by atoms with E-state index < -0.39 is 0 Å². The molecule has 1 aliphatic rings. The van der Waals surface area contributed by atoms with Gasteiger partial charge in [0.15, 0.2) is 5.11 Å². The normalized spacial score (nSPS) is 21.2. The first-order valence-corrected chi connectivity index (χ1v) is 7.41. The van der Waals surface area contributed by atoms with Crippen LogP contribution in [0.15, 0.2) is 18.2 Å². The summed E-state index contributed by atoms with van der Waals surface area (Å²) in [6.07, 6.45) is 3.68. The number of rotatable bonds is 2. The van der Waals surface area contributed by atoms with E-state index in [0.29, 0.717) is 11.5 Å². The van der Waals surface area contributed by atoms with Gasteiger partial charge < -0.3 is 10.6 Å². The molecule has 2 N–H and O–H groups in total. The molecule has 0 aliphatic heterocycles. The maximum atomic E-state index is 5.40. The third kappa shape index (κ3) is 3.93. The standard InChI is InChI=1S/C16H24N2S/c1-11-5-6-13(9-12(11)2)17-15(19)18-14-7-8-16(3,4)10-14/h5-6,9,14H,7-8,10H2,1-4H3,(H2,17,18,19). The van der Waals surface area contributed by atoms with Gasteiger partial charge in [-0.25, -0.2) is 0 Å². The van der Waals surface area contributed by atoms with Crippen LogP contribution in [0.4, 0.5) is 5.69 Å². The molecule has 1 atom stereocenters. The van der Waals surface area contributed by atoms with Gasteiger partial charge in [-0.2, -0.15) is 0 Å². The van der Waals surface area contributed by atoms with Gasteiger partial charge in [0, 0.05) is 11.7 Å². The van der Waals surface area contributed by atoms with Crippen molar-refractivity contribution in [3.8, 4) is 0 Å². The average Bonchev–Trinajstić information content (AvgIpc) is 2.63. The van der Waals surface area contributed by atoms with Crippen molar-refractivity contribution in [1.29, 1.82) is 0 Å². The Kier molecular flexibility index (Phi) is 4.14. The number of hydrogen-bond donors (Lipinski definition) is 2. The topological polar surface area (TPSA) is 24.1 Å². The molecule has 104 valence electrons. The summed E-state index contributed by atoms with van der Waals surface area (Å²) in [5, 5.41) is 7.46. The van der Waals surface area contributed by atoms with Crippen molar-refractivity contribution in [2.45, 2.75) is 53.0 Å². The molecular weight excluding hydrogens is 252 g/mol. The van der Waals surface area contributed by atoms with Crippen LogP contribution in [0.1, 0.15) is 44.2 Å². The molecule has 0 bridgehead atoms. The minimum Gasteiger partial charge on any atom is -0.360 e. The Morgan fingerprint density at radius 3 is 2.58 bits per heavy atom. The van der Waals surface area contributed by atoms with Crippen molar-refractivity contribution in [2.24, 2.45) is 5.41 Å². The monoisotopic (exact) mass is 276 g/mol. The van der Waals surface area contributed by atoms with Crippen LogP contribution in [0, 0.1) is 19.3 Å². The van der Waals surface area contributed by atoms with E-state index in [-0.39, 0.29) is 0 Å².